The first-order chi connectivity index (χ1) is 7.20. The van der Waals surface area contributed by atoms with Crippen LogP contribution in [0.2, 0.25) is 0 Å². The summed E-state index contributed by atoms with van der Waals surface area (Å²) in [7, 11) is 0. The Morgan fingerprint density at radius 1 is 1.40 bits per heavy atom. The molecule has 2 nitrogen and oxygen atoms in total. The van der Waals surface area contributed by atoms with Gasteiger partial charge in [-0.05, 0) is 24.1 Å². The van der Waals surface area contributed by atoms with Gasteiger partial charge in [0.25, 0.3) is 0 Å². The van der Waals surface area contributed by atoms with Crippen LogP contribution >= 0.6 is 11.3 Å². The van der Waals surface area contributed by atoms with E-state index in [-0.39, 0.29) is 6.61 Å². The van der Waals surface area contributed by atoms with Crippen molar-refractivity contribution in [3.63, 3.8) is 0 Å². The zero-order chi connectivity index (χ0) is 10.8. The summed E-state index contributed by atoms with van der Waals surface area (Å²) >= 11 is 1.75. The molecule has 0 atom stereocenters. The normalized spacial score (nSPS) is 11.5. The Hall–Kier alpha value is -0.930. The minimum atomic E-state index is 0.210. The quantitative estimate of drug-likeness (QED) is 0.864. The summed E-state index contributed by atoms with van der Waals surface area (Å²) in [6.07, 6.45) is 0.727. The lowest BCUT2D eigenvalue weighted by Crippen LogP contribution is -1.89. The van der Waals surface area contributed by atoms with E-state index in [0.29, 0.717) is 5.92 Å². The molecule has 1 aromatic heterocycles. The second-order valence-corrected chi connectivity index (χ2v) is 5.04. The first-order valence-electron chi connectivity index (χ1n) is 5.21. The summed E-state index contributed by atoms with van der Waals surface area (Å²) in [6, 6.07) is 6.22. The van der Waals surface area contributed by atoms with Gasteiger partial charge in [-0.3, -0.25) is 0 Å². The summed E-state index contributed by atoms with van der Waals surface area (Å²) in [5.41, 5.74) is 2.26. The van der Waals surface area contributed by atoms with E-state index in [1.165, 1.54) is 15.3 Å². The predicted octanol–water partition coefficient (Wildman–Crippen LogP) is 2.95. The molecule has 0 radical (unpaired) electrons. The second-order valence-electron chi connectivity index (χ2n) is 3.98. The van der Waals surface area contributed by atoms with Gasteiger partial charge in [0.2, 0.25) is 0 Å². The highest BCUT2D eigenvalue weighted by Crippen LogP contribution is 2.27. The van der Waals surface area contributed by atoms with E-state index in [2.05, 4.69) is 24.9 Å². The summed E-state index contributed by atoms with van der Waals surface area (Å²) in [5.74, 6) is 0.490. The monoisotopic (exact) mass is 221 g/mol. The van der Waals surface area contributed by atoms with Gasteiger partial charge in [0.15, 0.2) is 0 Å². The molecule has 0 fully saturated rings. The molecule has 2 aromatic rings. The van der Waals surface area contributed by atoms with E-state index in [1.807, 2.05) is 12.1 Å². The minimum Gasteiger partial charge on any atom is -0.396 e. The minimum absolute atomic E-state index is 0.210. The van der Waals surface area contributed by atoms with Crippen molar-refractivity contribution >= 4 is 21.6 Å². The van der Waals surface area contributed by atoms with E-state index < -0.39 is 0 Å². The standard InChI is InChI=1S/C12H15NOS/c1-8(2)12-13-10-4-3-9(5-6-14)7-11(10)15-12/h3-4,7-8,14H,5-6H2,1-2H3. The van der Waals surface area contributed by atoms with Gasteiger partial charge in [-0.2, -0.15) is 0 Å². The van der Waals surface area contributed by atoms with Crippen LogP contribution in [-0.4, -0.2) is 16.7 Å². The van der Waals surface area contributed by atoms with Crippen molar-refractivity contribution in [2.45, 2.75) is 26.2 Å². The number of aromatic nitrogens is 1. The molecule has 1 aromatic carbocycles. The molecular weight excluding hydrogens is 206 g/mol. The number of hydrogen-bond donors (Lipinski definition) is 1. The Bertz CT molecular complexity index is 462. The van der Waals surface area contributed by atoms with Gasteiger partial charge in [0.1, 0.15) is 0 Å². The van der Waals surface area contributed by atoms with Gasteiger partial charge in [-0.15, -0.1) is 11.3 Å². The maximum Gasteiger partial charge on any atom is 0.0963 e. The molecule has 0 aliphatic rings. The Morgan fingerprint density at radius 2 is 2.20 bits per heavy atom. The molecule has 0 amide bonds. The molecule has 1 heterocycles. The zero-order valence-corrected chi connectivity index (χ0v) is 9.84. The van der Waals surface area contributed by atoms with E-state index in [9.17, 15) is 0 Å². The van der Waals surface area contributed by atoms with Crippen molar-refractivity contribution in [2.24, 2.45) is 0 Å². The van der Waals surface area contributed by atoms with Crippen LogP contribution in [-0.2, 0) is 6.42 Å². The third-order valence-electron chi connectivity index (χ3n) is 2.36. The Balaban J connectivity index is 2.43. The Labute approximate surface area is 93.6 Å². The maximum absolute atomic E-state index is 8.87. The highest BCUT2D eigenvalue weighted by Gasteiger charge is 2.07. The van der Waals surface area contributed by atoms with Crippen molar-refractivity contribution in [1.82, 2.24) is 4.98 Å². The maximum atomic E-state index is 8.87. The predicted molar refractivity (Wildman–Crippen MR) is 64.5 cm³/mol. The first-order valence-corrected chi connectivity index (χ1v) is 6.02. The SMILES string of the molecule is CC(C)c1nc2ccc(CCO)cc2s1. The summed E-state index contributed by atoms with van der Waals surface area (Å²) in [6.45, 7) is 4.53. The lowest BCUT2D eigenvalue weighted by Gasteiger charge is -1.96. The molecule has 3 heteroatoms. The van der Waals surface area contributed by atoms with Crippen molar-refractivity contribution in [3.05, 3.63) is 28.8 Å². The Morgan fingerprint density at radius 3 is 2.87 bits per heavy atom. The van der Waals surface area contributed by atoms with E-state index in [4.69, 9.17) is 5.11 Å². The van der Waals surface area contributed by atoms with Crippen LogP contribution in [0.5, 0.6) is 0 Å². The fourth-order valence-electron chi connectivity index (χ4n) is 1.52. The smallest absolute Gasteiger partial charge is 0.0963 e. The first kappa shape index (κ1) is 10.6. The molecule has 0 saturated heterocycles. The van der Waals surface area contributed by atoms with Crippen LogP contribution in [0.4, 0.5) is 0 Å². The van der Waals surface area contributed by atoms with Gasteiger partial charge in [0, 0.05) is 12.5 Å². The molecule has 0 aliphatic carbocycles. The molecule has 1 N–H and O–H groups in total. The lowest BCUT2D eigenvalue weighted by molar-refractivity contribution is 0.299. The van der Waals surface area contributed by atoms with Gasteiger partial charge < -0.3 is 5.11 Å². The number of fused-ring (bicyclic) bond motifs is 1. The van der Waals surface area contributed by atoms with Crippen LogP contribution in [0.15, 0.2) is 18.2 Å². The number of hydrogen-bond acceptors (Lipinski definition) is 3. The number of aliphatic hydroxyl groups is 1. The molecule has 80 valence electrons. The van der Waals surface area contributed by atoms with Crippen molar-refractivity contribution in [2.75, 3.05) is 6.61 Å². The molecule has 0 bridgehead atoms. The molecule has 15 heavy (non-hydrogen) atoms. The molecular formula is C12H15NOS. The number of thiazole rings is 1. The largest absolute Gasteiger partial charge is 0.396 e. The summed E-state index contributed by atoms with van der Waals surface area (Å²) in [5, 5.41) is 10.1. The zero-order valence-electron chi connectivity index (χ0n) is 9.03. The molecule has 0 unspecified atom stereocenters. The van der Waals surface area contributed by atoms with Gasteiger partial charge in [0.05, 0.1) is 15.2 Å². The van der Waals surface area contributed by atoms with Crippen LogP contribution in [0, 0.1) is 0 Å². The van der Waals surface area contributed by atoms with Crippen molar-refractivity contribution < 1.29 is 5.11 Å². The highest BCUT2D eigenvalue weighted by molar-refractivity contribution is 7.18. The van der Waals surface area contributed by atoms with Crippen molar-refractivity contribution in [3.8, 4) is 0 Å². The molecule has 0 saturated carbocycles. The van der Waals surface area contributed by atoms with Gasteiger partial charge in [-0.25, -0.2) is 4.98 Å². The van der Waals surface area contributed by atoms with Crippen molar-refractivity contribution in [1.29, 1.82) is 0 Å². The second kappa shape index (κ2) is 4.29. The van der Waals surface area contributed by atoms with Gasteiger partial charge in [-0.1, -0.05) is 19.9 Å². The highest BCUT2D eigenvalue weighted by atomic mass is 32.1. The molecule has 0 spiro atoms. The average Bonchev–Trinajstić information content (AvgIpc) is 2.61. The van der Waals surface area contributed by atoms with E-state index in [0.717, 1.165) is 11.9 Å². The van der Waals surface area contributed by atoms with Crippen LogP contribution < -0.4 is 0 Å². The topological polar surface area (TPSA) is 33.1 Å². The lowest BCUT2D eigenvalue weighted by atomic mass is 10.1. The fourth-order valence-corrected chi connectivity index (χ4v) is 2.55. The number of aliphatic hydroxyl groups excluding tert-OH is 1. The van der Waals surface area contributed by atoms with Crippen LogP contribution in [0.25, 0.3) is 10.2 Å². The third kappa shape index (κ3) is 2.19. The number of nitrogens with zero attached hydrogens (tertiary/aromatic N) is 1. The fraction of sp³-hybridized carbons (Fsp3) is 0.417. The summed E-state index contributed by atoms with van der Waals surface area (Å²) < 4.78 is 1.23. The Kier molecular flexibility index (Phi) is 3.03. The molecule has 0 aliphatic heterocycles. The summed E-state index contributed by atoms with van der Waals surface area (Å²) in [4.78, 5) is 4.57. The average molecular weight is 221 g/mol. The van der Waals surface area contributed by atoms with E-state index in [1.54, 1.807) is 11.3 Å². The van der Waals surface area contributed by atoms with Crippen LogP contribution in [0.3, 0.4) is 0 Å². The van der Waals surface area contributed by atoms with E-state index >= 15 is 0 Å². The van der Waals surface area contributed by atoms with Crippen LogP contribution in [0.1, 0.15) is 30.3 Å². The number of benzene rings is 1. The van der Waals surface area contributed by atoms with Gasteiger partial charge >= 0.3 is 0 Å². The molecule has 2 rings (SSSR count). The number of rotatable bonds is 3. The third-order valence-corrected chi connectivity index (χ3v) is 3.68.